The smallest absolute Gasteiger partial charge is 0.325 e. The summed E-state index contributed by atoms with van der Waals surface area (Å²) in [6.45, 7) is 6.31. The lowest BCUT2D eigenvalue weighted by Gasteiger charge is -2.21. The molecule has 0 aliphatic heterocycles. The van der Waals surface area contributed by atoms with Crippen LogP contribution in [0.25, 0.3) is 0 Å². The quantitative estimate of drug-likeness (QED) is 0.716. The van der Waals surface area contributed by atoms with Crippen molar-refractivity contribution in [1.29, 1.82) is 0 Å². The van der Waals surface area contributed by atoms with Gasteiger partial charge in [-0.3, -0.25) is 14.4 Å². The Morgan fingerprint density at radius 3 is 2.07 bits per heavy atom. The maximum Gasteiger partial charge on any atom is 0.325 e. The number of carbonyl (C=O) groups excluding carboxylic acids is 3. The zero-order valence-electron chi connectivity index (χ0n) is 17.9. The third-order valence-electron chi connectivity index (χ3n) is 5.51. The van der Waals surface area contributed by atoms with Gasteiger partial charge in [-0.1, -0.05) is 45.0 Å². The lowest BCUT2D eigenvalue weighted by molar-refractivity contribution is -0.139. The first-order valence-corrected chi connectivity index (χ1v) is 10.0. The van der Waals surface area contributed by atoms with E-state index in [2.05, 4.69) is 60.4 Å². The van der Waals surface area contributed by atoms with Crippen molar-refractivity contribution in [1.82, 2.24) is 5.32 Å². The van der Waals surface area contributed by atoms with Crippen LogP contribution in [0.3, 0.4) is 0 Å². The molecule has 0 heterocycles. The highest BCUT2D eigenvalue weighted by Crippen LogP contribution is 2.49. The molecule has 3 rings (SSSR count). The van der Waals surface area contributed by atoms with E-state index in [1.165, 1.54) is 12.7 Å². The van der Waals surface area contributed by atoms with Gasteiger partial charge in [-0.05, 0) is 53.6 Å². The molecule has 1 aliphatic carbocycles. The van der Waals surface area contributed by atoms with Crippen LogP contribution >= 0.6 is 0 Å². The number of amides is 2. The number of esters is 1. The number of methoxy groups -OCH3 is 1. The molecule has 6 nitrogen and oxygen atoms in total. The van der Waals surface area contributed by atoms with Crippen LogP contribution in [-0.4, -0.2) is 31.4 Å². The van der Waals surface area contributed by atoms with Crippen LogP contribution in [-0.2, 0) is 25.2 Å². The van der Waals surface area contributed by atoms with Gasteiger partial charge in [0.2, 0.25) is 5.91 Å². The van der Waals surface area contributed by atoms with Crippen molar-refractivity contribution in [2.24, 2.45) is 0 Å². The second-order valence-corrected chi connectivity index (χ2v) is 8.70. The van der Waals surface area contributed by atoms with Gasteiger partial charge in [-0.25, -0.2) is 0 Å². The van der Waals surface area contributed by atoms with E-state index in [0.717, 1.165) is 18.4 Å². The van der Waals surface area contributed by atoms with Gasteiger partial charge in [0.15, 0.2) is 0 Å². The number of benzene rings is 2. The van der Waals surface area contributed by atoms with Crippen molar-refractivity contribution < 1.29 is 19.1 Å². The number of carbonyl (C=O) groups is 3. The van der Waals surface area contributed by atoms with Gasteiger partial charge >= 0.3 is 5.97 Å². The molecule has 0 atom stereocenters. The maximum atomic E-state index is 13.0. The second kappa shape index (κ2) is 8.30. The number of nitrogens with one attached hydrogen (secondary N) is 2. The lowest BCUT2D eigenvalue weighted by Crippen LogP contribution is -2.30. The average Bonchev–Trinajstić information content (AvgIpc) is 3.54. The first kappa shape index (κ1) is 21.6. The molecule has 1 saturated carbocycles. The van der Waals surface area contributed by atoms with Crippen LogP contribution in [0.15, 0.2) is 48.5 Å². The van der Waals surface area contributed by atoms with Gasteiger partial charge < -0.3 is 15.4 Å². The van der Waals surface area contributed by atoms with Crippen LogP contribution in [0, 0.1) is 0 Å². The minimum atomic E-state index is -0.516. The number of anilines is 1. The molecule has 2 amide bonds. The summed E-state index contributed by atoms with van der Waals surface area (Å²) in [4.78, 5) is 36.1. The summed E-state index contributed by atoms with van der Waals surface area (Å²) in [6.07, 6.45) is 1.64. The maximum absolute atomic E-state index is 13.0. The molecule has 6 heteroatoms. The topological polar surface area (TPSA) is 84.5 Å². The molecular weight excluding hydrogens is 380 g/mol. The molecule has 0 saturated heterocycles. The summed E-state index contributed by atoms with van der Waals surface area (Å²) in [5.41, 5.74) is 2.89. The van der Waals surface area contributed by atoms with Crippen LogP contribution in [0.1, 0.15) is 55.1 Å². The van der Waals surface area contributed by atoms with Crippen molar-refractivity contribution >= 4 is 23.5 Å². The van der Waals surface area contributed by atoms with E-state index < -0.39 is 11.4 Å². The highest BCUT2D eigenvalue weighted by Gasteiger charge is 2.51. The zero-order valence-corrected chi connectivity index (χ0v) is 17.9. The molecular formula is C24H28N2O4. The summed E-state index contributed by atoms with van der Waals surface area (Å²) in [5, 5.41) is 5.45. The van der Waals surface area contributed by atoms with Gasteiger partial charge in [0.05, 0.1) is 12.5 Å². The number of hydrogen-bond donors (Lipinski definition) is 2. The number of rotatable bonds is 6. The molecule has 0 bridgehead atoms. The Morgan fingerprint density at radius 2 is 1.57 bits per heavy atom. The van der Waals surface area contributed by atoms with Crippen molar-refractivity contribution in [3.8, 4) is 0 Å². The predicted molar refractivity (Wildman–Crippen MR) is 115 cm³/mol. The molecule has 1 fully saturated rings. The Balaban J connectivity index is 1.64. The molecule has 0 spiro atoms. The molecule has 158 valence electrons. The third-order valence-corrected chi connectivity index (χ3v) is 5.51. The van der Waals surface area contributed by atoms with E-state index in [9.17, 15) is 14.4 Å². The van der Waals surface area contributed by atoms with Crippen LogP contribution in [0.4, 0.5) is 5.69 Å². The Bertz CT molecular complexity index is 937. The van der Waals surface area contributed by atoms with Gasteiger partial charge in [-0.2, -0.15) is 0 Å². The highest BCUT2D eigenvalue weighted by atomic mass is 16.5. The minimum absolute atomic E-state index is 0.0334. The molecule has 2 aromatic carbocycles. The van der Waals surface area contributed by atoms with E-state index in [1.807, 2.05) is 0 Å². The molecule has 0 radical (unpaired) electrons. The van der Waals surface area contributed by atoms with Gasteiger partial charge in [0.1, 0.15) is 6.54 Å². The first-order valence-electron chi connectivity index (χ1n) is 10.0. The van der Waals surface area contributed by atoms with Crippen molar-refractivity contribution in [2.45, 2.75) is 44.4 Å². The second-order valence-electron chi connectivity index (χ2n) is 8.70. The number of ether oxygens (including phenoxy) is 1. The fourth-order valence-corrected chi connectivity index (χ4v) is 3.34. The van der Waals surface area contributed by atoms with Crippen LogP contribution in [0.5, 0.6) is 0 Å². The van der Waals surface area contributed by atoms with E-state index in [-0.39, 0.29) is 23.8 Å². The Morgan fingerprint density at radius 1 is 0.967 bits per heavy atom. The highest BCUT2D eigenvalue weighted by molar-refractivity contribution is 6.02. The Hall–Kier alpha value is -3.15. The molecule has 30 heavy (non-hydrogen) atoms. The number of hydrogen-bond acceptors (Lipinski definition) is 4. The third kappa shape index (κ3) is 4.70. The van der Waals surface area contributed by atoms with Gasteiger partial charge in [0.25, 0.3) is 5.91 Å². The summed E-state index contributed by atoms with van der Waals surface area (Å²) < 4.78 is 4.50. The molecule has 0 unspecified atom stereocenters. The van der Waals surface area contributed by atoms with E-state index in [1.54, 1.807) is 24.3 Å². The summed E-state index contributed by atoms with van der Waals surface area (Å²) in [6, 6.07) is 14.9. The SMILES string of the molecule is COC(=O)CNC(=O)c1ccc(NC(=O)C2(c3ccc(C(C)(C)C)cc3)CC2)cc1. The molecule has 2 aromatic rings. The van der Waals surface area contributed by atoms with Crippen LogP contribution in [0.2, 0.25) is 0 Å². The zero-order chi connectivity index (χ0) is 21.9. The minimum Gasteiger partial charge on any atom is -0.468 e. The first-order chi connectivity index (χ1) is 14.2. The van der Waals surface area contributed by atoms with E-state index in [4.69, 9.17) is 0 Å². The van der Waals surface area contributed by atoms with Gasteiger partial charge in [0, 0.05) is 11.3 Å². The van der Waals surface area contributed by atoms with Crippen molar-refractivity contribution in [2.75, 3.05) is 19.0 Å². The van der Waals surface area contributed by atoms with Crippen LogP contribution < -0.4 is 10.6 Å². The predicted octanol–water partition coefficient (Wildman–Crippen LogP) is 3.56. The molecule has 2 N–H and O–H groups in total. The van der Waals surface area contributed by atoms with Crippen molar-refractivity contribution in [3.63, 3.8) is 0 Å². The van der Waals surface area contributed by atoms with E-state index >= 15 is 0 Å². The normalized spacial score (nSPS) is 14.5. The summed E-state index contributed by atoms with van der Waals surface area (Å²) in [7, 11) is 1.26. The van der Waals surface area contributed by atoms with Crippen molar-refractivity contribution in [3.05, 3.63) is 65.2 Å². The van der Waals surface area contributed by atoms with E-state index in [0.29, 0.717) is 11.3 Å². The lowest BCUT2D eigenvalue weighted by atomic mass is 9.85. The fraction of sp³-hybridized carbons (Fsp3) is 0.375. The fourth-order valence-electron chi connectivity index (χ4n) is 3.34. The molecule has 0 aromatic heterocycles. The average molecular weight is 408 g/mol. The standard InChI is InChI=1S/C24H28N2O4/c1-23(2,3)17-7-9-18(10-8-17)24(13-14-24)22(29)26-19-11-5-16(6-12-19)21(28)25-15-20(27)30-4/h5-12H,13-15H2,1-4H3,(H,25,28)(H,26,29). The monoisotopic (exact) mass is 408 g/mol. The Kier molecular flexibility index (Phi) is 5.97. The molecule has 1 aliphatic rings. The largest absolute Gasteiger partial charge is 0.468 e. The summed E-state index contributed by atoms with van der Waals surface area (Å²) >= 11 is 0. The summed E-state index contributed by atoms with van der Waals surface area (Å²) in [5.74, 6) is -0.928. The Labute approximate surface area is 177 Å². The van der Waals surface area contributed by atoms with Gasteiger partial charge in [-0.15, -0.1) is 0 Å².